The third kappa shape index (κ3) is 4.07. The van der Waals surface area contributed by atoms with E-state index in [0.717, 1.165) is 37.1 Å². The van der Waals surface area contributed by atoms with E-state index in [2.05, 4.69) is 22.3 Å². The lowest BCUT2D eigenvalue weighted by Crippen LogP contribution is -2.56. The molecule has 1 amide bonds. The SMILES string of the molecule is O=C(O)CN(CC1CC1)C1CC(NC(=O)C2CCSc3ccccc32)C1. The Hall–Kier alpha value is -1.53. The molecule has 1 unspecified atom stereocenters. The van der Waals surface area contributed by atoms with Gasteiger partial charge in [0.2, 0.25) is 5.91 Å². The first-order valence-corrected chi connectivity index (χ1v) is 10.6. The Morgan fingerprint density at radius 3 is 2.69 bits per heavy atom. The Balaban J connectivity index is 1.31. The molecule has 2 fully saturated rings. The van der Waals surface area contributed by atoms with Crippen LogP contribution in [-0.2, 0) is 9.59 Å². The largest absolute Gasteiger partial charge is 0.480 e. The summed E-state index contributed by atoms with van der Waals surface area (Å²) in [5.74, 6) is 0.992. The summed E-state index contributed by atoms with van der Waals surface area (Å²) < 4.78 is 0. The van der Waals surface area contributed by atoms with Gasteiger partial charge in [-0.1, -0.05) is 18.2 Å². The third-order valence-corrected chi connectivity index (χ3v) is 6.90. The number of rotatable bonds is 7. The molecule has 1 atom stereocenters. The number of carboxylic acid groups (broad SMARTS) is 1. The number of fused-ring (bicyclic) bond motifs is 1. The van der Waals surface area contributed by atoms with Gasteiger partial charge in [-0.2, -0.15) is 0 Å². The number of carboxylic acids is 1. The second kappa shape index (κ2) is 7.61. The number of hydrogen-bond acceptors (Lipinski definition) is 4. The predicted molar refractivity (Wildman–Crippen MR) is 101 cm³/mol. The van der Waals surface area contributed by atoms with Gasteiger partial charge in [-0.3, -0.25) is 14.5 Å². The first kappa shape index (κ1) is 17.9. The summed E-state index contributed by atoms with van der Waals surface area (Å²) in [7, 11) is 0. The van der Waals surface area contributed by atoms with Gasteiger partial charge >= 0.3 is 5.97 Å². The molecule has 0 aromatic heterocycles. The summed E-state index contributed by atoms with van der Waals surface area (Å²) in [5, 5.41) is 12.4. The number of aliphatic carboxylic acids is 1. The van der Waals surface area contributed by atoms with Crippen LogP contribution in [0, 0.1) is 5.92 Å². The van der Waals surface area contributed by atoms with Gasteiger partial charge in [0, 0.05) is 23.5 Å². The van der Waals surface area contributed by atoms with Gasteiger partial charge in [0.05, 0.1) is 12.5 Å². The van der Waals surface area contributed by atoms with Crippen LogP contribution in [0.5, 0.6) is 0 Å². The number of thioether (sulfide) groups is 1. The number of nitrogens with zero attached hydrogens (tertiary/aromatic N) is 1. The summed E-state index contributed by atoms with van der Waals surface area (Å²) in [4.78, 5) is 27.2. The van der Waals surface area contributed by atoms with Gasteiger partial charge in [0.25, 0.3) is 0 Å². The molecule has 6 heteroatoms. The van der Waals surface area contributed by atoms with E-state index in [-0.39, 0.29) is 24.4 Å². The van der Waals surface area contributed by atoms with Crippen molar-refractivity contribution in [2.45, 2.75) is 55.0 Å². The van der Waals surface area contributed by atoms with E-state index in [1.807, 2.05) is 23.9 Å². The highest BCUT2D eigenvalue weighted by atomic mass is 32.2. The van der Waals surface area contributed by atoms with E-state index in [1.54, 1.807) is 0 Å². The quantitative estimate of drug-likeness (QED) is 0.768. The summed E-state index contributed by atoms with van der Waals surface area (Å²) >= 11 is 1.83. The van der Waals surface area contributed by atoms with Crippen LogP contribution in [-0.4, -0.2) is 52.8 Å². The molecule has 0 radical (unpaired) electrons. The molecule has 1 heterocycles. The number of benzene rings is 1. The smallest absolute Gasteiger partial charge is 0.317 e. The Morgan fingerprint density at radius 1 is 1.19 bits per heavy atom. The Bertz CT molecular complexity index is 685. The molecule has 2 saturated carbocycles. The minimum absolute atomic E-state index is 0.0481. The summed E-state index contributed by atoms with van der Waals surface area (Å²) in [6.45, 7) is 1.01. The fourth-order valence-electron chi connectivity index (χ4n) is 4.07. The van der Waals surface area contributed by atoms with Crippen molar-refractivity contribution >= 4 is 23.6 Å². The molecule has 2 aliphatic carbocycles. The zero-order valence-corrected chi connectivity index (χ0v) is 15.7. The Morgan fingerprint density at radius 2 is 1.96 bits per heavy atom. The van der Waals surface area contributed by atoms with Crippen molar-refractivity contribution in [2.24, 2.45) is 5.92 Å². The molecule has 140 valence electrons. The second-order valence-electron chi connectivity index (χ2n) is 7.82. The molecular formula is C20H26N2O3S. The van der Waals surface area contributed by atoms with E-state index < -0.39 is 5.97 Å². The number of nitrogens with one attached hydrogen (secondary N) is 1. The standard InChI is InChI=1S/C20H26N2O3S/c23-19(24)12-22(11-13-5-6-13)15-9-14(10-15)21-20(25)17-7-8-26-18-4-2-1-3-16(17)18/h1-4,13-15,17H,5-12H2,(H,21,25)(H,23,24). The molecular weight excluding hydrogens is 348 g/mol. The maximum atomic E-state index is 12.8. The molecule has 1 aliphatic heterocycles. The number of carbonyl (C=O) groups excluding carboxylic acids is 1. The molecule has 5 nitrogen and oxygen atoms in total. The average Bonchev–Trinajstić information content (AvgIpc) is 3.40. The van der Waals surface area contributed by atoms with Crippen molar-refractivity contribution in [1.29, 1.82) is 0 Å². The zero-order chi connectivity index (χ0) is 18.1. The van der Waals surface area contributed by atoms with Crippen LogP contribution in [0.15, 0.2) is 29.2 Å². The van der Waals surface area contributed by atoms with Gasteiger partial charge in [0.15, 0.2) is 0 Å². The topological polar surface area (TPSA) is 69.6 Å². The Kier molecular flexibility index (Phi) is 5.23. The summed E-state index contributed by atoms with van der Waals surface area (Å²) in [5.41, 5.74) is 1.15. The van der Waals surface area contributed by atoms with Gasteiger partial charge in [-0.05, 0) is 55.4 Å². The second-order valence-corrected chi connectivity index (χ2v) is 8.96. The van der Waals surface area contributed by atoms with E-state index >= 15 is 0 Å². The molecule has 0 bridgehead atoms. The molecule has 0 saturated heterocycles. The van der Waals surface area contributed by atoms with Gasteiger partial charge in [-0.15, -0.1) is 11.8 Å². The molecule has 1 aromatic rings. The van der Waals surface area contributed by atoms with Crippen molar-refractivity contribution in [3.05, 3.63) is 29.8 Å². The lowest BCUT2D eigenvalue weighted by Gasteiger charge is -2.43. The van der Waals surface area contributed by atoms with Gasteiger partial charge in [0.1, 0.15) is 0 Å². The van der Waals surface area contributed by atoms with Gasteiger partial charge in [-0.25, -0.2) is 0 Å². The summed E-state index contributed by atoms with van der Waals surface area (Å²) in [6.07, 6.45) is 5.07. The molecule has 4 rings (SSSR count). The minimum atomic E-state index is -0.755. The van der Waals surface area contributed by atoms with Crippen molar-refractivity contribution < 1.29 is 14.7 Å². The van der Waals surface area contributed by atoms with E-state index in [1.165, 1.54) is 17.7 Å². The summed E-state index contributed by atoms with van der Waals surface area (Å²) in [6, 6.07) is 8.68. The van der Waals surface area contributed by atoms with E-state index in [4.69, 9.17) is 5.11 Å². The first-order valence-electron chi connectivity index (χ1n) is 9.58. The zero-order valence-electron chi connectivity index (χ0n) is 14.9. The number of carbonyl (C=O) groups is 2. The van der Waals surface area contributed by atoms with E-state index in [9.17, 15) is 9.59 Å². The van der Waals surface area contributed by atoms with Crippen LogP contribution in [0.1, 0.15) is 43.6 Å². The number of hydrogen-bond donors (Lipinski definition) is 2. The highest BCUT2D eigenvalue weighted by molar-refractivity contribution is 7.99. The normalized spacial score (nSPS) is 27.5. The van der Waals surface area contributed by atoms with Crippen LogP contribution in [0.3, 0.4) is 0 Å². The maximum Gasteiger partial charge on any atom is 0.317 e. The number of amides is 1. The lowest BCUT2D eigenvalue weighted by molar-refractivity contribution is -0.140. The highest BCUT2D eigenvalue weighted by Crippen LogP contribution is 2.38. The predicted octanol–water partition coefficient (Wildman–Crippen LogP) is 2.71. The monoisotopic (exact) mass is 374 g/mol. The minimum Gasteiger partial charge on any atom is -0.480 e. The first-order chi connectivity index (χ1) is 12.6. The molecule has 26 heavy (non-hydrogen) atoms. The lowest BCUT2D eigenvalue weighted by atomic mass is 9.84. The van der Waals surface area contributed by atoms with Crippen LogP contribution in [0.4, 0.5) is 0 Å². The van der Waals surface area contributed by atoms with Crippen LogP contribution < -0.4 is 5.32 Å². The van der Waals surface area contributed by atoms with E-state index in [0.29, 0.717) is 12.0 Å². The molecule has 1 aromatic carbocycles. The molecule has 3 aliphatic rings. The Labute approximate surface area is 158 Å². The van der Waals surface area contributed by atoms with Crippen molar-refractivity contribution in [1.82, 2.24) is 10.2 Å². The third-order valence-electron chi connectivity index (χ3n) is 5.78. The van der Waals surface area contributed by atoms with Gasteiger partial charge < -0.3 is 10.4 Å². The van der Waals surface area contributed by atoms with Crippen molar-refractivity contribution in [3.8, 4) is 0 Å². The van der Waals surface area contributed by atoms with Crippen molar-refractivity contribution in [2.75, 3.05) is 18.8 Å². The molecule has 0 spiro atoms. The van der Waals surface area contributed by atoms with Crippen molar-refractivity contribution in [3.63, 3.8) is 0 Å². The molecule has 2 N–H and O–H groups in total. The van der Waals surface area contributed by atoms with Crippen LogP contribution >= 0.6 is 11.8 Å². The highest BCUT2D eigenvalue weighted by Gasteiger charge is 2.39. The fourth-order valence-corrected chi connectivity index (χ4v) is 5.19. The fraction of sp³-hybridized carbons (Fsp3) is 0.600. The van der Waals surface area contributed by atoms with Crippen LogP contribution in [0.2, 0.25) is 0 Å². The average molecular weight is 375 g/mol. The maximum absolute atomic E-state index is 12.8. The van der Waals surface area contributed by atoms with Crippen LogP contribution in [0.25, 0.3) is 0 Å².